The number of furan rings is 1. The zero-order valence-corrected chi connectivity index (χ0v) is 15.2. The molecule has 3 aromatic rings. The number of hydrogen-bond donors (Lipinski definition) is 2. The first kappa shape index (κ1) is 18.5. The van der Waals surface area contributed by atoms with Gasteiger partial charge in [0.25, 0.3) is 5.91 Å². The molecule has 0 bridgehead atoms. The molecule has 0 unspecified atom stereocenters. The summed E-state index contributed by atoms with van der Waals surface area (Å²) in [6.45, 7) is 4.59. The van der Waals surface area contributed by atoms with Crippen LogP contribution in [0.15, 0.2) is 65.1 Å². The molecule has 5 nitrogen and oxygen atoms in total. The van der Waals surface area contributed by atoms with E-state index in [4.69, 9.17) is 9.52 Å². The second-order valence-electron chi connectivity index (χ2n) is 6.63. The van der Waals surface area contributed by atoms with Crippen LogP contribution in [-0.4, -0.2) is 17.0 Å². The molecule has 0 saturated heterocycles. The smallest absolute Gasteiger partial charge is 0.371 e. The van der Waals surface area contributed by atoms with Gasteiger partial charge >= 0.3 is 5.97 Å². The molecular weight excluding hydrogens is 342 g/mol. The fourth-order valence-electron chi connectivity index (χ4n) is 2.75. The Bertz CT molecular complexity index is 954. The molecule has 1 aromatic heterocycles. The molecule has 0 fully saturated rings. The lowest BCUT2D eigenvalue weighted by Gasteiger charge is -2.09. The molecule has 0 aliphatic rings. The molecule has 0 saturated carbocycles. The molecule has 2 N–H and O–H groups in total. The average molecular weight is 363 g/mol. The number of hydrogen-bond acceptors (Lipinski definition) is 3. The zero-order chi connectivity index (χ0) is 19.4. The minimum atomic E-state index is -1.10. The van der Waals surface area contributed by atoms with Crippen LogP contribution in [0.2, 0.25) is 0 Å². The van der Waals surface area contributed by atoms with E-state index in [0.29, 0.717) is 23.8 Å². The first-order valence-corrected chi connectivity index (χ1v) is 8.74. The highest BCUT2D eigenvalue weighted by Crippen LogP contribution is 2.23. The molecule has 1 amide bonds. The van der Waals surface area contributed by atoms with Crippen LogP contribution in [-0.2, 0) is 6.54 Å². The van der Waals surface area contributed by atoms with Crippen LogP contribution in [0.1, 0.15) is 51.8 Å². The first-order valence-electron chi connectivity index (χ1n) is 8.74. The molecule has 5 heteroatoms. The maximum atomic E-state index is 12.3. The van der Waals surface area contributed by atoms with Crippen LogP contribution in [0.25, 0.3) is 11.3 Å². The van der Waals surface area contributed by atoms with Gasteiger partial charge in [0.05, 0.1) is 0 Å². The van der Waals surface area contributed by atoms with E-state index in [1.165, 1.54) is 11.6 Å². The fraction of sp³-hybridized carbons (Fsp3) is 0.182. The summed E-state index contributed by atoms with van der Waals surface area (Å²) in [4.78, 5) is 23.3. The number of carboxylic acid groups (broad SMARTS) is 1. The van der Waals surface area contributed by atoms with Crippen molar-refractivity contribution in [2.75, 3.05) is 0 Å². The van der Waals surface area contributed by atoms with Gasteiger partial charge in [-0.25, -0.2) is 4.79 Å². The van der Waals surface area contributed by atoms with Gasteiger partial charge in [-0.05, 0) is 47.4 Å². The summed E-state index contributed by atoms with van der Waals surface area (Å²) in [7, 11) is 0. The quantitative estimate of drug-likeness (QED) is 0.665. The largest absolute Gasteiger partial charge is 0.475 e. The zero-order valence-electron chi connectivity index (χ0n) is 15.2. The summed E-state index contributed by atoms with van der Waals surface area (Å²) < 4.78 is 5.32. The Labute approximate surface area is 157 Å². The van der Waals surface area contributed by atoms with Gasteiger partial charge in [0.2, 0.25) is 5.76 Å². The molecular formula is C22H21NO4. The van der Waals surface area contributed by atoms with E-state index in [0.717, 1.165) is 11.1 Å². The van der Waals surface area contributed by atoms with Crippen LogP contribution in [0.4, 0.5) is 0 Å². The van der Waals surface area contributed by atoms with Gasteiger partial charge < -0.3 is 14.8 Å². The highest BCUT2D eigenvalue weighted by molar-refractivity contribution is 5.94. The van der Waals surface area contributed by atoms with Gasteiger partial charge in [-0.15, -0.1) is 0 Å². The summed E-state index contributed by atoms with van der Waals surface area (Å²) in [5.41, 5.74) is 3.47. The van der Waals surface area contributed by atoms with Gasteiger partial charge in [-0.1, -0.05) is 44.2 Å². The topological polar surface area (TPSA) is 79.5 Å². The van der Waals surface area contributed by atoms with Crippen molar-refractivity contribution in [2.45, 2.75) is 26.3 Å². The molecule has 0 atom stereocenters. The van der Waals surface area contributed by atoms with Crippen molar-refractivity contribution in [2.24, 2.45) is 0 Å². The predicted molar refractivity (Wildman–Crippen MR) is 103 cm³/mol. The molecule has 138 valence electrons. The second-order valence-corrected chi connectivity index (χ2v) is 6.63. The Balaban J connectivity index is 1.67. The lowest BCUT2D eigenvalue weighted by molar-refractivity contribution is 0.0663. The van der Waals surface area contributed by atoms with Crippen LogP contribution in [0, 0.1) is 0 Å². The fourth-order valence-corrected chi connectivity index (χ4v) is 2.75. The van der Waals surface area contributed by atoms with Gasteiger partial charge in [0.15, 0.2) is 0 Å². The van der Waals surface area contributed by atoms with Crippen molar-refractivity contribution >= 4 is 11.9 Å². The molecule has 27 heavy (non-hydrogen) atoms. The Morgan fingerprint density at radius 3 is 2.41 bits per heavy atom. The van der Waals surface area contributed by atoms with Gasteiger partial charge in [0, 0.05) is 17.7 Å². The highest BCUT2D eigenvalue weighted by Gasteiger charge is 2.11. The summed E-state index contributed by atoms with van der Waals surface area (Å²) in [5, 5.41) is 11.9. The average Bonchev–Trinajstić information content (AvgIpc) is 3.17. The standard InChI is InChI=1S/C22H21NO4/c1-14(2)16-6-8-17(9-7-16)21(24)23-13-15-4-3-5-18(12-15)19-10-11-20(27-19)22(25)26/h3-12,14H,13H2,1-2H3,(H,23,24)(H,25,26). The van der Waals surface area contributed by atoms with Crippen LogP contribution in [0.5, 0.6) is 0 Å². The van der Waals surface area contributed by atoms with Crippen molar-refractivity contribution in [1.82, 2.24) is 5.32 Å². The predicted octanol–water partition coefficient (Wildman–Crippen LogP) is 4.70. The van der Waals surface area contributed by atoms with E-state index in [-0.39, 0.29) is 11.7 Å². The Hall–Kier alpha value is -3.34. The first-order chi connectivity index (χ1) is 12.9. The van der Waals surface area contributed by atoms with E-state index in [1.54, 1.807) is 6.07 Å². The third-order valence-electron chi connectivity index (χ3n) is 4.32. The van der Waals surface area contributed by atoms with E-state index in [1.807, 2.05) is 48.5 Å². The number of carboxylic acids is 1. The van der Waals surface area contributed by atoms with Crippen LogP contribution in [0.3, 0.4) is 0 Å². The number of rotatable bonds is 6. The number of amides is 1. The van der Waals surface area contributed by atoms with Crippen molar-refractivity contribution in [1.29, 1.82) is 0 Å². The number of carbonyl (C=O) groups excluding carboxylic acids is 1. The van der Waals surface area contributed by atoms with E-state index in [2.05, 4.69) is 19.2 Å². The van der Waals surface area contributed by atoms with Crippen molar-refractivity contribution in [3.05, 3.63) is 83.1 Å². The van der Waals surface area contributed by atoms with Crippen molar-refractivity contribution in [3.8, 4) is 11.3 Å². The summed E-state index contributed by atoms with van der Waals surface area (Å²) in [6, 6.07) is 18.1. The molecule has 0 radical (unpaired) electrons. The maximum Gasteiger partial charge on any atom is 0.371 e. The molecule has 3 rings (SSSR count). The lowest BCUT2D eigenvalue weighted by atomic mass is 10.0. The Morgan fingerprint density at radius 2 is 1.78 bits per heavy atom. The van der Waals surface area contributed by atoms with Gasteiger partial charge in [-0.3, -0.25) is 4.79 Å². The van der Waals surface area contributed by atoms with Crippen LogP contribution >= 0.6 is 0 Å². The summed E-state index contributed by atoms with van der Waals surface area (Å²) in [5.74, 6) is -0.443. The van der Waals surface area contributed by atoms with E-state index >= 15 is 0 Å². The minimum absolute atomic E-state index is 0.103. The summed E-state index contributed by atoms with van der Waals surface area (Å²) in [6.07, 6.45) is 0. The third kappa shape index (κ3) is 4.44. The number of aromatic carboxylic acids is 1. The van der Waals surface area contributed by atoms with Gasteiger partial charge in [-0.2, -0.15) is 0 Å². The number of benzene rings is 2. The van der Waals surface area contributed by atoms with E-state index in [9.17, 15) is 9.59 Å². The SMILES string of the molecule is CC(C)c1ccc(C(=O)NCc2cccc(-c3ccc(C(=O)O)o3)c2)cc1. The maximum absolute atomic E-state index is 12.3. The Morgan fingerprint density at radius 1 is 1.04 bits per heavy atom. The third-order valence-corrected chi connectivity index (χ3v) is 4.32. The van der Waals surface area contributed by atoms with Gasteiger partial charge in [0.1, 0.15) is 5.76 Å². The molecule has 0 aliphatic heterocycles. The molecule has 2 aromatic carbocycles. The lowest BCUT2D eigenvalue weighted by Crippen LogP contribution is -2.22. The monoisotopic (exact) mass is 363 g/mol. The second kappa shape index (κ2) is 7.91. The highest BCUT2D eigenvalue weighted by atomic mass is 16.4. The van der Waals surface area contributed by atoms with Crippen LogP contribution < -0.4 is 5.32 Å². The normalized spacial score (nSPS) is 10.8. The molecule has 1 heterocycles. The van der Waals surface area contributed by atoms with Crippen molar-refractivity contribution < 1.29 is 19.1 Å². The van der Waals surface area contributed by atoms with E-state index < -0.39 is 5.97 Å². The molecule has 0 aliphatic carbocycles. The number of carbonyl (C=O) groups is 2. The summed E-state index contributed by atoms with van der Waals surface area (Å²) >= 11 is 0. The minimum Gasteiger partial charge on any atom is -0.475 e. The Kier molecular flexibility index (Phi) is 5.41. The van der Waals surface area contributed by atoms with Crippen molar-refractivity contribution in [3.63, 3.8) is 0 Å². The number of nitrogens with one attached hydrogen (secondary N) is 1. The molecule has 0 spiro atoms.